The van der Waals surface area contributed by atoms with E-state index in [4.69, 9.17) is 4.74 Å². The third kappa shape index (κ3) is 13.6. The number of carbonyl (C=O) groups is 5. The minimum absolute atomic E-state index is 0.0913. The number of ether oxygens (including phenoxy) is 1. The van der Waals surface area contributed by atoms with E-state index in [9.17, 15) is 34.2 Å². The highest BCUT2D eigenvalue weighted by atomic mass is 16.6. The van der Waals surface area contributed by atoms with Gasteiger partial charge in [-0.25, -0.2) is 4.79 Å². The molecule has 240 valence electrons. The Bertz CT molecular complexity index is 1230. The molecular weight excluding hydrogens is 568 g/mol. The molecule has 0 aliphatic rings. The maximum absolute atomic E-state index is 13.6. The normalized spacial score (nSPS) is 12.4. The number of anilines is 1. The number of benzene rings is 2. The number of hydrogen-bond acceptors (Lipinski definition) is 7. The molecule has 0 bridgehead atoms. The van der Waals surface area contributed by atoms with Crippen LogP contribution in [0.25, 0.3) is 0 Å². The number of aliphatic carboxylic acids is 2. The Balaban J connectivity index is 2.29. The van der Waals surface area contributed by atoms with Crippen molar-refractivity contribution in [3.63, 3.8) is 0 Å². The van der Waals surface area contributed by atoms with Crippen LogP contribution in [0, 0.1) is 0 Å². The Hall–Kier alpha value is -4.61. The number of carboxylic acid groups (broad SMARTS) is 2. The molecule has 0 saturated carbocycles. The SMILES string of the molecule is CCCCCNC(=O)[C@H](Cc1ccc(N(CC(=O)O)CC(=O)O)cc1)NC(=O)[C@H](Cc1ccccc1)NC(=O)OC(C)(C)C. The summed E-state index contributed by atoms with van der Waals surface area (Å²) in [4.78, 5) is 63.2. The highest BCUT2D eigenvalue weighted by Crippen LogP contribution is 2.17. The van der Waals surface area contributed by atoms with Gasteiger partial charge in [0.1, 0.15) is 30.8 Å². The monoisotopic (exact) mass is 612 g/mol. The molecule has 0 aliphatic heterocycles. The molecule has 0 radical (unpaired) electrons. The molecule has 0 aromatic heterocycles. The van der Waals surface area contributed by atoms with Gasteiger partial charge < -0.3 is 35.8 Å². The smallest absolute Gasteiger partial charge is 0.408 e. The lowest BCUT2D eigenvalue weighted by molar-refractivity contribution is -0.136. The van der Waals surface area contributed by atoms with Crippen molar-refractivity contribution in [2.75, 3.05) is 24.5 Å². The van der Waals surface area contributed by atoms with E-state index in [1.807, 2.05) is 37.3 Å². The lowest BCUT2D eigenvalue weighted by Gasteiger charge is -2.26. The summed E-state index contributed by atoms with van der Waals surface area (Å²) >= 11 is 0. The van der Waals surface area contributed by atoms with Crippen molar-refractivity contribution in [1.29, 1.82) is 0 Å². The second-order valence-corrected chi connectivity index (χ2v) is 11.5. The van der Waals surface area contributed by atoms with Crippen LogP contribution in [0.2, 0.25) is 0 Å². The number of hydrogen-bond donors (Lipinski definition) is 5. The predicted octanol–water partition coefficient (Wildman–Crippen LogP) is 3.13. The number of nitrogens with one attached hydrogen (secondary N) is 3. The summed E-state index contributed by atoms with van der Waals surface area (Å²) in [6.07, 6.45) is 2.17. The van der Waals surface area contributed by atoms with E-state index < -0.39 is 60.6 Å². The summed E-state index contributed by atoms with van der Waals surface area (Å²) in [6, 6.07) is 13.5. The molecule has 0 spiro atoms. The van der Waals surface area contributed by atoms with Gasteiger partial charge >= 0.3 is 18.0 Å². The highest BCUT2D eigenvalue weighted by molar-refractivity contribution is 5.91. The minimum Gasteiger partial charge on any atom is -0.480 e. The average Bonchev–Trinajstić information content (AvgIpc) is 2.93. The van der Waals surface area contributed by atoms with E-state index in [1.54, 1.807) is 45.0 Å². The third-order valence-corrected chi connectivity index (χ3v) is 6.40. The Labute approximate surface area is 258 Å². The number of carbonyl (C=O) groups excluding carboxylic acids is 3. The van der Waals surface area contributed by atoms with Crippen LogP contribution < -0.4 is 20.9 Å². The van der Waals surface area contributed by atoms with Gasteiger partial charge in [-0.1, -0.05) is 62.2 Å². The molecule has 0 unspecified atom stereocenters. The highest BCUT2D eigenvalue weighted by Gasteiger charge is 2.29. The lowest BCUT2D eigenvalue weighted by Crippen LogP contribution is -2.55. The fourth-order valence-corrected chi connectivity index (χ4v) is 4.34. The molecular formula is C32H44N4O8. The number of nitrogens with zero attached hydrogens (tertiary/aromatic N) is 1. The van der Waals surface area contributed by atoms with Crippen molar-refractivity contribution in [3.8, 4) is 0 Å². The zero-order valence-electron chi connectivity index (χ0n) is 25.8. The van der Waals surface area contributed by atoms with Gasteiger partial charge in [0.15, 0.2) is 0 Å². The minimum atomic E-state index is -1.18. The molecule has 2 rings (SSSR count). The number of unbranched alkanes of at least 4 members (excludes halogenated alkanes) is 2. The van der Waals surface area contributed by atoms with E-state index in [0.29, 0.717) is 17.8 Å². The van der Waals surface area contributed by atoms with Gasteiger partial charge in [0.2, 0.25) is 11.8 Å². The maximum atomic E-state index is 13.6. The van der Waals surface area contributed by atoms with Crippen LogP contribution in [0.4, 0.5) is 10.5 Å². The maximum Gasteiger partial charge on any atom is 0.408 e. The molecule has 0 heterocycles. The Morgan fingerprint density at radius 1 is 0.773 bits per heavy atom. The van der Waals surface area contributed by atoms with E-state index in [1.165, 1.54) is 4.90 Å². The average molecular weight is 613 g/mol. The van der Waals surface area contributed by atoms with Gasteiger partial charge in [0.05, 0.1) is 0 Å². The second kappa shape index (κ2) is 17.5. The predicted molar refractivity (Wildman–Crippen MR) is 165 cm³/mol. The molecule has 12 nitrogen and oxygen atoms in total. The van der Waals surface area contributed by atoms with Gasteiger partial charge in [0.25, 0.3) is 0 Å². The number of carboxylic acids is 2. The molecule has 3 amide bonds. The van der Waals surface area contributed by atoms with Crippen molar-refractivity contribution >= 4 is 35.5 Å². The Kier molecular flexibility index (Phi) is 14.1. The molecule has 44 heavy (non-hydrogen) atoms. The van der Waals surface area contributed by atoms with Crippen molar-refractivity contribution in [2.45, 2.75) is 77.5 Å². The molecule has 0 saturated heterocycles. The quantitative estimate of drug-likeness (QED) is 0.168. The Morgan fingerprint density at radius 3 is 1.84 bits per heavy atom. The van der Waals surface area contributed by atoms with E-state index in [2.05, 4.69) is 16.0 Å². The standard InChI is InChI=1S/C32H44N4O8/c1-5-6-10-17-33-29(41)25(19-23-13-15-24(16-14-23)36(20-27(37)38)21-28(39)40)34-30(42)26(18-22-11-8-7-9-12-22)35-31(43)44-32(2,3)4/h7-9,11-16,25-26H,5-6,10,17-21H2,1-4H3,(H,33,41)(H,34,42)(H,35,43)(H,37,38)(H,39,40)/t25-,26-/m0/s1. The van der Waals surface area contributed by atoms with Crippen LogP contribution >= 0.6 is 0 Å². The topological polar surface area (TPSA) is 174 Å². The van der Waals surface area contributed by atoms with Crippen LogP contribution in [0.5, 0.6) is 0 Å². The number of amides is 3. The summed E-state index contributed by atoms with van der Waals surface area (Å²) in [7, 11) is 0. The third-order valence-electron chi connectivity index (χ3n) is 6.40. The molecule has 0 fully saturated rings. The van der Waals surface area contributed by atoms with Crippen LogP contribution in [0.3, 0.4) is 0 Å². The molecule has 12 heteroatoms. The van der Waals surface area contributed by atoms with Gasteiger partial charge in [-0.3, -0.25) is 19.2 Å². The molecule has 2 aromatic carbocycles. The van der Waals surface area contributed by atoms with Crippen molar-refractivity contribution in [2.24, 2.45) is 0 Å². The first-order valence-electron chi connectivity index (χ1n) is 14.7. The number of rotatable bonds is 17. The van der Waals surface area contributed by atoms with Crippen LogP contribution in [0.1, 0.15) is 58.1 Å². The molecule has 2 atom stereocenters. The van der Waals surface area contributed by atoms with E-state index in [-0.39, 0.29) is 12.8 Å². The zero-order chi connectivity index (χ0) is 32.7. The lowest BCUT2D eigenvalue weighted by atomic mass is 10.0. The van der Waals surface area contributed by atoms with Crippen molar-refractivity contribution in [3.05, 3.63) is 65.7 Å². The summed E-state index contributed by atoms with van der Waals surface area (Å²) in [5.41, 5.74) is 1.04. The van der Waals surface area contributed by atoms with Gasteiger partial charge in [-0.15, -0.1) is 0 Å². The summed E-state index contributed by atoms with van der Waals surface area (Å²) < 4.78 is 5.37. The van der Waals surface area contributed by atoms with Gasteiger partial charge in [0, 0.05) is 25.1 Å². The first-order valence-corrected chi connectivity index (χ1v) is 14.7. The van der Waals surface area contributed by atoms with Crippen LogP contribution in [-0.4, -0.2) is 77.4 Å². The van der Waals surface area contributed by atoms with Crippen LogP contribution in [-0.2, 0) is 36.8 Å². The second-order valence-electron chi connectivity index (χ2n) is 11.5. The van der Waals surface area contributed by atoms with E-state index in [0.717, 1.165) is 24.8 Å². The van der Waals surface area contributed by atoms with Crippen LogP contribution in [0.15, 0.2) is 54.6 Å². The summed E-state index contributed by atoms with van der Waals surface area (Å²) in [5, 5.41) is 26.7. The largest absolute Gasteiger partial charge is 0.480 e. The first-order chi connectivity index (χ1) is 20.8. The summed E-state index contributed by atoms with van der Waals surface area (Å²) in [6.45, 7) is 6.62. The first kappa shape index (κ1) is 35.6. The van der Waals surface area contributed by atoms with Gasteiger partial charge in [-0.2, -0.15) is 0 Å². The molecule has 0 aliphatic carbocycles. The van der Waals surface area contributed by atoms with Crippen molar-refractivity contribution in [1.82, 2.24) is 16.0 Å². The fourth-order valence-electron chi connectivity index (χ4n) is 4.34. The molecule has 5 N–H and O–H groups in total. The van der Waals surface area contributed by atoms with E-state index >= 15 is 0 Å². The van der Waals surface area contributed by atoms with Gasteiger partial charge in [-0.05, 0) is 50.5 Å². The number of alkyl carbamates (subject to hydrolysis) is 1. The molecule has 2 aromatic rings. The zero-order valence-corrected chi connectivity index (χ0v) is 25.8. The fraction of sp³-hybridized carbons (Fsp3) is 0.469. The van der Waals surface area contributed by atoms with Crippen molar-refractivity contribution < 1.29 is 38.9 Å². The summed E-state index contributed by atoms with van der Waals surface area (Å²) in [5.74, 6) is -3.32. The Morgan fingerprint density at radius 2 is 1.32 bits per heavy atom.